The summed E-state index contributed by atoms with van der Waals surface area (Å²) in [4.78, 5) is 19.4. The number of aliphatic hydroxyl groups is 7. The van der Waals surface area contributed by atoms with Gasteiger partial charge < -0.3 is 60.7 Å². The molecule has 0 saturated heterocycles. The number of hydrogen-bond donors (Lipinski definition) is 10. The van der Waals surface area contributed by atoms with Crippen molar-refractivity contribution in [2.45, 2.75) is 25.6 Å². The van der Waals surface area contributed by atoms with Gasteiger partial charge in [-0.2, -0.15) is 0 Å². The largest absolute Gasteiger partial charge is 0.481 e. The van der Waals surface area contributed by atoms with Crippen molar-refractivity contribution < 1.29 is 64.5 Å². The molecule has 0 spiro atoms. The summed E-state index contributed by atoms with van der Waals surface area (Å²) in [6.07, 6.45) is -0.118. The zero-order valence-corrected chi connectivity index (χ0v) is 23.1. The fourth-order valence-corrected chi connectivity index (χ4v) is 1.26. The standard InChI is InChI=1S/C7H15NO3.C5H14NO.C3H8O3.C3H6.C2H5NO2.C2H6O2/c1-8(2,3)5-6(9)4-7(10)11;1-6(2,3)4-5-7;4-1-3(6)2-5;1-3-2;3-1-2(4)5;3-1-2-4/h6,9H,4-5H2,1-3H3;7H,4-5H2,1-3H3;3-6H,1-2H2;3H,1H2,2H3;1,3H2,(H,4,5);3-4H,1-2H2/q;+1;;;;/p+1. The third-order valence-corrected chi connectivity index (χ3v) is 2.64. The molecule has 0 radical (unpaired) electrons. The fraction of sp³-hybridized carbons (Fsp3) is 0.818. The van der Waals surface area contributed by atoms with Gasteiger partial charge in [0, 0.05) is 0 Å². The van der Waals surface area contributed by atoms with Crippen molar-refractivity contribution in [3.63, 3.8) is 0 Å². The number of carbonyl (C=O) groups is 2. The summed E-state index contributed by atoms with van der Waals surface area (Å²) in [7, 11) is 11.9. The van der Waals surface area contributed by atoms with E-state index in [2.05, 4.69) is 33.5 Å². The topological polar surface area (TPSA) is 242 Å². The lowest BCUT2D eigenvalue weighted by Crippen LogP contribution is -2.42. The van der Waals surface area contributed by atoms with E-state index < -0.39 is 24.1 Å². The second-order valence-electron chi connectivity index (χ2n) is 8.93. The van der Waals surface area contributed by atoms with E-state index in [1.807, 2.05) is 28.1 Å². The molecule has 14 nitrogen and oxygen atoms in total. The number of carboxylic acid groups (broad SMARTS) is 2. The van der Waals surface area contributed by atoms with Gasteiger partial charge in [0.1, 0.15) is 25.3 Å². The Morgan fingerprint density at radius 3 is 1.19 bits per heavy atom. The van der Waals surface area contributed by atoms with Crippen LogP contribution in [0.4, 0.5) is 0 Å². The van der Waals surface area contributed by atoms with Crippen LogP contribution in [0.1, 0.15) is 13.3 Å². The van der Waals surface area contributed by atoms with Gasteiger partial charge in [0.2, 0.25) is 0 Å². The molecule has 0 fully saturated rings. The summed E-state index contributed by atoms with van der Waals surface area (Å²) in [6.45, 7) is 5.57. The van der Waals surface area contributed by atoms with Crippen LogP contribution < -0.4 is 5.73 Å². The minimum Gasteiger partial charge on any atom is -0.481 e. The van der Waals surface area contributed by atoms with E-state index in [0.29, 0.717) is 11.0 Å². The van der Waals surface area contributed by atoms with Crippen LogP contribution in [0.15, 0.2) is 12.7 Å². The summed E-state index contributed by atoms with van der Waals surface area (Å²) >= 11 is 0. The molecular formula is C22H55N3O11+2. The maximum Gasteiger partial charge on any atom is 0.317 e. The lowest BCUT2D eigenvalue weighted by molar-refractivity contribution is -0.873. The highest BCUT2D eigenvalue weighted by Crippen LogP contribution is 1.98. The first-order valence-electron chi connectivity index (χ1n) is 11.0. The molecule has 1 unspecified atom stereocenters. The van der Waals surface area contributed by atoms with Gasteiger partial charge in [0.05, 0.1) is 88.3 Å². The Morgan fingerprint density at radius 2 is 1.11 bits per heavy atom. The van der Waals surface area contributed by atoms with Crippen molar-refractivity contribution in [3.8, 4) is 0 Å². The minimum atomic E-state index is -0.968. The Balaban J connectivity index is -0.0000000793. The summed E-state index contributed by atoms with van der Waals surface area (Å²) in [6, 6.07) is 0. The smallest absolute Gasteiger partial charge is 0.317 e. The molecule has 0 aromatic heterocycles. The Labute approximate surface area is 215 Å². The van der Waals surface area contributed by atoms with Crippen molar-refractivity contribution in [2.75, 3.05) is 95.0 Å². The van der Waals surface area contributed by atoms with Crippen LogP contribution in [0.3, 0.4) is 0 Å². The number of nitrogens with two attached hydrogens (primary N) is 1. The van der Waals surface area contributed by atoms with E-state index in [0.717, 1.165) is 11.0 Å². The molecule has 0 aliphatic heterocycles. The first-order valence-corrected chi connectivity index (χ1v) is 11.0. The van der Waals surface area contributed by atoms with E-state index in [-0.39, 0.29) is 46.0 Å². The molecule has 0 aliphatic carbocycles. The van der Waals surface area contributed by atoms with Crippen molar-refractivity contribution >= 4 is 11.9 Å². The number of hydrogen-bond acceptors (Lipinski definition) is 10. The molecule has 0 bridgehead atoms. The van der Waals surface area contributed by atoms with E-state index in [1.54, 1.807) is 6.08 Å². The number of carboxylic acids is 2. The lowest BCUT2D eigenvalue weighted by Gasteiger charge is -2.25. The van der Waals surface area contributed by atoms with Gasteiger partial charge in [-0.05, 0) is 6.92 Å². The second kappa shape index (κ2) is 33.3. The van der Waals surface area contributed by atoms with Gasteiger partial charge in [-0.3, -0.25) is 9.59 Å². The Kier molecular flexibility index (Phi) is 43.9. The average Bonchev–Trinajstić information content (AvgIpc) is 2.72. The zero-order chi connectivity index (χ0) is 30.4. The highest BCUT2D eigenvalue weighted by molar-refractivity contribution is 5.68. The quantitative estimate of drug-likeness (QED) is 0.0975. The van der Waals surface area contributed by atoms with Crippen molar-refractivity contribution in [2.24, 2.45) is 5.73 Å². The highest BCUT2D eigenvalue weighted by atomic mass is 16.4. The molecule has 0 aromatic rings. The molecule has 36 heavy (non-hydrogen) atoms. The number of allylic oxidation sites excluding steroid dienone is 1. The Bertz CT molecular complexity index is 463. The lowest BCUT2D eigenvalue weighted by atomic mass is 10.2. The molecule has 0 heterocycles. The van der Waals surface area contributed by atoms with Crippen LogP contribution >= 0.6 is 0 Å². The van der Waals surface area contributed by atoms with Gasteiger partial charge in [-0.1, -0.05) is 6.08 Å². The fourth-order valence-electron chi connectivity index (χ4n) is 1.26. The van der Waals surface area contributed by atoms with Crippen LogP contribution in [0, 0.1) is 0 Å². The number of likely N-dealkylation sites (N-methyl/N-ethyl adjacent to an activating group) is 2. The molecule has 14 heteroatoms. The van der Waals surface area contributed by atoms with E-state index in [4.69, 9.17) is 46.0 Å². The van der Waals surface area contributed by atoms with Gasteiger partial charge in [0.15, 0.2) is 0 Å². The minimum absolute atomic E-state index is 0.125. The van der Waals surface area contributed by atoms with Crippen LogP contribution in [0.5, 0.6) is 0 Å². The maximum absolute atomic E-state index is 10.1. The monoisotopic (exact) mass is 537 g/mol. The SMILES string of the molecule is C=CC.C[N+](C)(C)CC(O)CC(=O)O.C[N+](C)(C)CCO.NCC(=O)O.OCC(O)CO.OCCO. The number of aliphatic hydroxyl groups excluding tert-OH is 7. The van der Waals surface area contributed by atoms with Crippen molar-refractivity contribution in [1.29, 1.82) is 0 Å². The van der Waals surface area contributed by atoms with Crippen molar-refractivity contribution in [1.82, 2.24) is 0 Å². The third kappa shape index (κ3) is 94.5. The number of aliphatic carboxylic acids is 2. The molecule has 0 saturated carbocycles. The van der Waals surface area contributed by atoms with Crippen LogP contribution in [-0.2, 0) is 9.59 Å². The number of nitrogens with zero attached hydrogens (tertiary/aromatic N) is 2. The first kappa shape index (κ1) is 47.5. The van der Waals surface area contributed by atoms with Gasteiger partial charge >= 0.3 is 11.9 Å². The summed E-state index contributed by atoms with van der Waals surface area (Å²) in [5.74, 6) is -1.92. The Morgan fingerprint density at radius 1 is 0.778 bits per heavy atom. The van der Waals surface area contributed by atoms with Crippen LogP contribution in [0.2, 0.25) is 0 Å². The van der Waals surface area contributed by atoms with E-state index in [9.17, 15) is 9.59 Å². The molecule has 11 N–H and O–H groups in total. The normalized spacial score (nSPS) is 10.7. The molecule has 1 atom stereocenters. The second-order valence-corrected chi connectivity index (χ2v) is 8.93. The maximum atomic E-state index is 10.1. The van der Waals surface area contributed by atoms with Gasteiger partial charge in [0.25, 0.3) is 0 Å². The predicted octanol–water partition coefficient (Wildman–Crippen LogP) is -3.26. The van der Waals surface area contributed by atoms with Crippen molar-refractivity contribution in [3.05, 3.63) is 12.7 Å². The molecule has 0 rings (SSSR count). The molecule has 0 aliphatic rings. The van der Waals surface area contributed by atoms with Crippen LogP contribution in [0.25, 0.3) is 0 Å². The van der Waals surface area contributed by atoms with Crippen LogP contribution in [-0.4, -0.2) is 174 Å². The van der Waals surface area contributed by atoms with E-state index in [1.165, 1.54) is 0 Å². The predicted molar refractivity (Wildman–Crippen MR) is 138 cm³/mol. The van der Waals surface area contributed by atoms with E-state index >= 15 is 0 Å². The third-order valence-electron chi connectivity index (χ3n) is 2.64. The summed E-state index contributed by atoms with van der Waals surface area (Å²) in [5, 5.41) is 72.7. The Hall–Kier alpha value is -1.72. The summed E-state index contributed by atoms with van der Waals surface area (Å²) in [5.41, 5.74) is 4.57. The van der Waals surface area contributed by atoms with Gasteiger partial charge in [-0.15, -0.1) is 6.58 Å². The molecular weight excluding hydrogens is 482 g/mol. The number of quaternary nitrogens is 2. The highest BCUT2D eigenvalue weighted by Gasteiger charge is 2.17. The first-order chi connectivity index (χ1) is 16.3. The number of rotatable bonds is 10. The molecule has 0 aromatic carbocycles. The summed E-state index contributed by atoms with van der Waals surface area (Å²) < 4.78 is 1.42. The van der Waals surface area contributed by atoms with Gasteiger partial charge in [-0.25, -0.2) is 0 Å². The molecule has 0 amide bonds. The molecule has 222 valence electrons. The average molecular weight is 538 g/mol. The zero-order valence-electron chi connectivity index (χ0n) is 23.1.